The molecule has 0 atom stereocenters. The van der Waals surface area contributed by atoms with E-state index in [0.717, 1.165) is 23.3 Å². The maximum absolute atomic E-state index is 12.9. The van der Waals surface area contributed by atoms with Crippen LogP contribution in [0.1, 0.15) is 34.0 Å². The average Bonchev–Trinajstić information content (AvgIpc) is 2.60. The van der Waals surface area contributed by atoms with Gasteiger partial charge in [-0.3, -0.25) is 4.79 Å². The van der Waals surface area contributed by atoms with Crippen molar-refractivity contribution in [2.24, 2.45) is 0 Å². The normalized spacial score (nSPS) is 11.1. The predicted octanol–water partition coefficient (Wildman–Crippen LogP) is 4.37. The molecule has 0 heterocycles. The second-order valence-corrected chi connectivity index (χ2v) is 5.63. The van der Waals surface area contributed by atoms with Gasteiger partial charge in [-0.2, -0.15) is 13.2 Å². The molecule has 0 spiro atoms. The zero-order valence-corrected chi connectivity index (χ0v) is 14.3. The Balaban J connectivity index is 2.06. The van der Waals surface area contributed by atoms with Crippen LogP contribution >= 0.6 is 0 Å². The fourth-order valence-corrected chi connectivity index (χ4v) is 2.49. The number of carbonyl (C=O) groups excluding carboxylic acids is 2. The van der Waals surface area contributed by atoms with E-state index in [1.807, 2.05) is 32.0 Å². The zero-order valence-electron chi connectivity index (χ0n) is 14.3. The topological polar surface area (TPSA) is 55.4 Å². The van der Waals surface area contributed by atoms with Crippen molar-refractivity contribution in [3.63, 3.8) is 0 Å². The van der Waals surface area contributed by atoms with Gasteiger partial charge in [-0.25, -0.2) is 4.79 Å². The number of hydrogen-bond donors (Lipinski definition) is 1. The van der Waals surface area contributed by atoms with Crippen molar-refractivity contribution < 1.29 is 27.5 Å². The van der Waals surface area contributed by atoms with Gasteiger partial charge in [0, 0.05) is 5.69 Å². The van der Waals surface area contributed by atoms with E-state index in [-0.39, 0.29) is 0 Å². The number of alkyl halides is 3. The van der Waals surface area contributed by atoms with Gasteiger partial charge in [-0.15, -0.1) is 0 Å². The molecule has 0 saturated carbocycles. The minimum atomic E-state index is -4.69. The van der Waals surface area contributed by atoms with E-state index >= 15 is 0 Å². The number of anilines is 1. The first-order valence-electron chi connectivity index (χ1n) is 7.95. The number of amides is 1. The van der Waals surface area contributed by atoms with Crippen LogP contribution in [0, 0.1) is 6.92 Å². The molecule has 26 heavy (non-hydrogen) atoms. The van der Waals surface area contributed by atoms with Gasteiger partial charge in [0.2, 0.25) is 0 Å². The molecule has 0 unspecified atom stereocenters. The van der Waals surface area contributed by atoms with Gasteiger partial charge in [-0.05, 0) is 36.6 Å². The molecule has 7 heteroatoms. The number of esters is 1. The van der Waals surface area contributed by atoms with Gasteiger partial charge < -0.3 is 10.1 Å². The number of hydrogen-bond acceptors (Lipinski definition) is 3. The smallest absolute Gasteiger partial charge is 0.417 e. The van der Waals surface area contributed by atoms with Gasteiger partial charge in [0.15, 0.2) is 6.61 Å². The Kier molecular flexibility index (Phi) is 6.02. The molecule has 0 radical (unpaired) electrons. The van der Waals surface area contributed by atoms with Gasteiger partial charge >= 0.3 is 12.1 Å². The summed E-state index contributed by atoms with van der Waals surface area (Å²) in [4.78, 5) is 24.0. The van der Waals surface area contributed by atoms with Crippen LogP contribution in [0.5, 0.6) is 0 Å². The lowest BCUT2D eigenvalue weighted by Gasteiger charge is -2.14. The van der Waals surface area contributed by atoms with Gasteiger partial charge in [0.05, 0.1) is 11.1 Å². The number of ether oxygens (including phenoxy) is 1. The average molecular weight is 365 g/mol. The minimum absolute atomic E-state index is 0.617. The van der Waals surface area contributed by atoms with Crippen molar-refractivity contribution >= 4 is 17.6 Å². The van der Waals surface area contributed by atoms with Gasteiger partial charge in [0.25, 0.3) is 5.91 Å². The quantitative estimate of drug-likeness (QED) is 0.801. The molecular weight excluding hydrogens is 347 g/mol. The molecule has 2 aromatic carbocycles. The summed E-state index contributed by atoms with van der Waals surface area (Å²) in [5, 5.41) is 2.64. The molecule has 0 fully saturated rings. The van der Waals surface area contributed by atoms with E-state index in [2.05, 4.69) is 5.32 Å². The van der Waals surface area contributed by atoms with Crippen molar-refractivity contribution in [1.29, 1.82) is 0 Å². The first-order valence-corrected chi connectivity index (χ1v) is 7.95. The molecular formula is C19H18F3NO3. The highest BCUT2D eigenvalue weighted by atomic mass is 19.4. The molecule has 0 aliphatic carbocycles. The number of aryl methyl sites for hydroxylation is 2. The zero-order chi connectivity index (χ0) is 19.3. The Morgan fingerprint density at radius 3 is 2.42 bits per heavy atom. The highest BCUT2D eigenvalue weighted by molar-refractivity contribution is 5.97. The number of benzene rings is 2. The standard InChI is InChI=1S/C19H18F3NO3/c1-3-13-8-6-7-12(2)17(13)23-16(24)11-26-18(25)14-9-4-5-10-15(14)19(20,21)22/h4-10H,3,11H2,1-2H3,(H,23,24). The lowest BCUT2D eigenvalue weighted by atomic mass is 10.1. The highest BCUT2D eigenvalue weighted by Crippen LogP contribution is 2.32. The van der Waals surface area contributed by atoms with Crippen molar-refractivity contribution in [1.82, 2.24) is 0 Å². The SMILES string of the molecule is CCc1cccc(C)c1NC(=O)COC(=O)c1ccccc1C(F)(F)F. The van der Waals surface area contributed by atoms with E-state index in [0.29, 0.717) is 12.1 Å². The third-order valence-corrected chi connectivity index (χ3v) is 3.79. The third kappa shape index (κ3) is 4.62. The van der Waals surface area contributed by atoms with Crippen LogP contribution in [0.4, 0.5) is 18.9 Å². The molecule has 0 bridgehead atoms. The second kappa shape index (κ2) is 8.03. The Morgan fingerprint density at radius 2 is 1.77 bits per heavy atom. The number of carbonyl (C=O) groups is 2. The first kappa shape index (κ1) is 19.5. The maximum atomic E-state index is 12.9. The lowest BCUT2D eigenvalue weighted by Crippen LogP contribution is -2.23. The Hall–Kier alpha value is -2.83. The van der Waals surface area contributed by atoms with Crippen molar-refractivity contribution in [3.8, 4) is 0 Å². The third-order valence-electron chi connectivity index (χ3n) is 3.79. The summed E-state index contributed by atoms with van der Waals surface area (Å²) in [6.07, 6.45) is -3.99. The second-order valence-electron chi connectivity index (χ2n) is 5.63. The van der Waals surface area contributed by atoms with E-state index in [1.165, 1.54) is 12.1 Å². The highest BCUT2D eigenvalue weighted by Gasteiger charge is 2.35. The molecule has 0 saturated heterocycles. The van der Waals surface area contributed by atoms with Crippen LogP contribution < -0.4 is 5.32 Å². The molecule has 0 aliphatic heterocycles. The van der Waals surface area contributed by atoms with E-state index in [9.17, 15) is 22.8 Å². The first-order chi connectivity index (χ1) is 12.2. The monoisotopic (exact) mass is 365 g/mol. The summed E-state index contributed by atoms with van der Waals surface area (Å²) in [7, 11) is 0. The largest absolute Gasteiger partial charge is 0.452 e. The Morgan fingerprint density at radius 1 is 1.08 bits per heavy atom. The molecule has 0 aromatic heterocycles. The fourth-order valence-electron chi connectivity index (χ4n) is 2.49. The number of rotatable bonds is 5. The van der Waals surface area contributed by atoms with Crippen molar-refractivity contribution in [3.05, 3.63) is 64.7 Å². The summed E-state index contributed by atoms with van der Waals surface area (Å²) in [5.41, 5.74) is 0.640. The molecule has 138 valence electrons. The molecule has 1 amide bonds. The fraction of sp³-hybridized carbons (Fsp3) is 0.263. The lowest BCUT2D eigenvalue weighted by molar-refractivity contribution is -0.138. The predicted molar refractivity (Wildman–Crippen MR) is 90.9 cm³/mol. The van der Waals surface area contributed by atoms with Crippen molar-refractivity contribution in [2.75, 3.05) is 11.9 Å². The van der Waals surface area contributed by atoms with E-state index in [1.54, 1.807) is 0 Å². The van der Waals surface area contributed by atoms with Crippen LogP contribution in [-0.2, 0) is 22.1 Å². The number of para-hydroxylation sites is 1. The van der Waals surface area contributed by atoms with E-state index < -0.39 is 35.8 Å². The maximum Gasteiger partial charge on any atom is 0.417 e. The Labute approximate surface area is 149 Å². The molecule has 1 N–H and O–H groups in total. The number of halogens is 3. The van der Waals surface area contributed by atoms with Crippen molar-refractivity contribution in [2.45, 2.75) is 26.4 Å². The molecule has 4 nitrogen and oxygen atoms in total. The van der Waals surface area contributed by atoms with E-state index in [4.69, 9.17) is 4.74 Å². The number of nitrogens with one attached hydrogen (secondary N) is 1. The summed E-state index contributed by atoms with van der Waals surface area (Å²) in [6, 6.07) is 9.81. The van der Waals surface area contributed by atoms with Crippen LogP contribution in [0.2, 0.25) is 0 Å². The summed E-state index contributed by atoms with van der Waals surface area (Å²) < 4.78 is 43.6. The van der Waals surface area contributed by atoms with Crippen LogP contribution in [0.15, 0.2) is 42.5 Å². The van der Waals surface area contributed by atoms with Crippen LogP contribution in [0.3, 0.4) is 0 Å². The molecule has 2 rings (SSSR count). The molecule has 0 aliphatic rings. The van der Waals surface area contributed by atoms with Gasteiger partial charge in [0.1, 0.15) is 0 Å². The minimum Gasteiger partial charge on any atom is -0.452 e. The summed E-state index contributed by atoms with van der Waals surface area (Å²) in [5.74, 6) is -1.82. The van der Waals surface area contributed by atoms with Crippen LogP contribution in [-0.4, -0.2) is 18.5 Å². The van der Waals surface area contributed by atoms with Crippen LogP contribution in [0.25, 0.3) is 0 Å². The Bertz CT molecular complexity index is 816. The summed E-state index contributed by atoms with van der Waals surface area (Å²) >= 11 is 0. The molecule has 2 aromatic rings. The van der Waals surface area contributed by atoms with Gasteiger partial charge in [-0.1, -0.05) is 37.3 Å². The summed E-state index contributed by atoms with van der Waals surface area (Å²) in [6.45, 7) is 3.07.